The Hall–Kier alpha value is -4.22. The normalized spacial score (nSPS) is 16.4. The van der Waals surface area contributed by atoms with E-state index in [9.17, 15) is 20.2 Å². The Morgan fingerprint density at radius 3 is 1.73 bits per heavy atom. The van der Waals surface area contributed by atoms with Gasteiger partial charge in [-0.3, -0.25) is 29.6 Å². The molecule has 0 amide bonds. The average molecular weight is 549 g/mol. The predicted molar refractivity (Wildman–Crippen MR) is 156 cm³/mol. The van der Waals surface area contributed by atoms with Crippen LogP contribution in [0.1, 0.15) is 51.4 Å². The van der Waals surface area contributed by atoms with Crippen molar-refractivity contribution in [2.75, 3.05) is 36.0 Å². The number of aryl methyl sites for hydroxylation is 2. The molecule has 0 N–H and O–H groups in total. The molecule has 2 aromatic heterocycles. The largest absolute Gasteiger partial charge is 0.366 e. The second-order valence-electron chi connectivity index (χ2n) is 10.7. The molecule has 2 fully saturated rings. The second-order valence-corrected chi connectivity index (χ2v) is 10.7. The molecular formula is C28H36N8O4. The summed E-state index contributed by atoms with van der Waals surface area (Å²) >= 11 is 0. The van der Waals surface area contributed by atoms with Crippen molar-refractivity contribution in [1.82, 2.24) is 19.6 Å². The summed E-state index contributed by atoms with van der Waals surface area (Å²) in [6.45, 7) is 3.56. The van der Waals surface area contributed by atoms with Crippen LogP contribution in [0.15, 0.2) is 36.7 Å². The molecule has 4 heterocycles. The highest BCUT2D eigenvalue weighted by molar-refractivity contribution is 5.88. The van der Waals surface area contributed by atoms with Crippen LogP contribution in [-0.4, -0.2) is 55.6 Å². The van der Waals surface area contributed by atoms with Crippen LogP contribution in [0.25, 0.3) is 21.8 Å². The van der Waals surface area contributed by atoms with E-state index in [4.69, 9.17) is 0 Å². The molecule has 0 bridgehead atoms. The first-order valence-corrected chi connectivity index (χ1v) is 14.0. The lowest BCUT2D eigenvalue weighted by molar-refractivity contribution is -0.384. The van der Waals surface area contributed by atoms with Crippen LogP contribution in [0.4, 0.5) is 22.7 Å². The molecule has 2 aromatic carbocycles. The van der Waals surface area contributed by atoms with Crippen LogP contribution >= 0.6 is 0 Å². The number of nitro benzene ring substituents is 2. The number of rotatable bonds is 4. The van der Waals surface area contributed by atoms with E-state index in [-0.39, 0.29) is 21.2 Å². The van der Waals surface area contributed by atoms with Gasteiger partial charge in [-0.15, -0.1) is 0 Å². The summed E-state index contributed by atoms with van der Waals surface area (Å²) in [5.41, 5.74) is 3.57. The average Bonchev–Trinajstić information content (AvgIpc) is 3.22. The van der Waals surface area contributed by atoms with Gasteiger partial charge >= 0.3 is 0 Å². The van der Waals surface area contributed by atoms with Gasteiger partial charge in [0.1, 0.15) is 11.4 Å². The van der Waals surface area contributed by atoms with Crippen molar-refractivity contribution in [1.29, 1.82) is 0 Å². The summed E-state index contributed by atoms with van der Waals surface area (Å²) in [5, 5.41) is 32.9. The van der Waals surface area contributed by atoms with Crippen LogP contribution in [-0.2, 0) is 14.1 Å². The molecule has 12 heteroatoms. The van der Waals surface area contributed by atoms with Gasteiger partial charge in [0.25, 0.3) is 11.4 Å². The number of anilines is 2. The second kappa shape index (κ2) is 11.9. The molecule has 2 saturated heterocycles. The standard InChI is InChI=1S/2C14H18N4O2/c1-16-10-11-8-14(18(19)20)13(9-12(11)15-16)17-6-4-2-3-5-7-17;1-16-12-9-13(17-6-4-2-3-5-7-17)14(18(19)20)8-11(12)10-15-16/h2*8-10H,2-7H2,1H3. The maximum atomic E-state index is 11.4. The third-order valence-corrected chi connectivity index (χ3v) is 7.84. The fourth-order valence-electron chi connectivity index (χ4n) is 5.77. The van der Waals surface area contributed by atoms with Crippen molar-refractivity contribution in [3.8, 4) is 0 Å². The van der Waals surface area contributed by atoms with Crippen molar-refractivity contribution in [3.63, 3.8) is 0 Å². The molecule has 6 rings (SSSR count). The van der Waals surface area contributed by atoms with E-state index in [0.717, 1.165) is 79.4 Å². The highest BCUT2D eigenvalue weighted by Gasteiger charge is 2.24. The van der Waals surface area contributed by atoms with E-state index in [1.165, 1.54) is 25.7 Å². The highest BCUT2D eigenvalue weighted by Crippen LogP contribution is 2.35. The topological polar surface area (TPSA) is 128 Å². The smallest absolute Gasteiger partial charge is 0.293 e. The minimum Gasteiger partial charge on any atom is -0.366 e. The van der Waals surface area contributed by atoms with Gasteiger partial charge in [-0.05, 0) is 37.8 Å². The zero-order chi connectivity index (χ0) is 28.2. The summed E-state index contributed by atoms with van der Waals surface area (Å²) in [6.07, 6.45) is 12.7. The van der Waals surface area contributed by atoms with Gasteiger partial charge in [-0.2, -0.15) is 10.2 Å². The molecule has 40 heavy (non-hydrogen) atoms. The Kier molecular flexibility index (Phi) is 8.13. The van der Waals surface area contributed by atoms with Crippen LogP contribution in [0.3, 0.4) is 0 Å². The zero-order valence-electron chi connectivity index (χ0n) is 23.2. The molecule has 0 aliphatic carbocycles. The van der Waals surface area contributed by atoms with E-state index in [0.29, 0.717) is 5.69 Å². The van der Waals surface area contributed by atoms with Gasteiger partial charge in [0.2, 0.25) is 0 Å². The van der Waals surface area contributed by atoms with Crippen molar-refractivity contribution < 1.29 is 9.85 Å². The van der Waals surface area contributed by atoms with Crippen LogP contribution < -0.4 is 9.80 Å². The summed E-state index contributed by atoms with van der Waals surface area (Å²) in [5.74, 6) is 0. The van der Waals surface area contributed by atoms with Crippen molar-refractivity contribution >= 4 is 44.6 Å². The van der Waals surface area contributed by atoms with Gasteiger partial charge in [0.05, 0.1) is 27.1 Å². The Morgan fingerprint density at radius 1 is 0.700 bits per heavy atom. The minimum absolute atomic E-state index is 0.187. The SMILES string of the molecule is Cn1cc2cc([N+](=O)[O-])c(N3CCCCCC3)cc2n1.Cn1ncc2cc([N+](=O)[O-])c(N3CCCCCC3)cc21. The van der Waals surface area contributed by atoms with Gasteiger partial charge in [-0.1, -0.05) is 25.7 Å². The number of hydrogen-bond acceptors (Lipinski definition) is 8. The zero-order valence-corrected chi connectivity index (χ0v) is 23.2. The lowest BCUT2D eigenvalue weighted by atomic mass is 10.1. The third-order valence-electron chi connectivity index (χ3n) is 7.84. The maximum Gasteiger partial charge on any atom is 0.293 e. The molecule has 12 nitrogen and oxygen atoms in total. The molecule has 0 radical (unpaired) electrons. The number of fused-ring (bicyclic) bond motifs is 2. The van der Waals surface area contributed by atoms with E-state index < -0.39 is 0 Å². The quantitative estimate of drug-likeness (QED) is 0.234. The Morgan fingerprint density at radius 2 is 1.20 bits per heavy atom. The van der Waals surface area contributed by atoms with Gasteiger partial charge < -0.3 is 9.80 Å². The summed E-state index contributed by atoms with van der Waals surface area (Å²) in [7, 11) is 3.69. The minimum atomic E-state index is -0.285. The highest BCUT2D eigenvalue weighted by atomic mass is 16.6. The molecule has 0 atom stereocenters. The number of nitrogens with zero attached hydrogens (tertiary/aromatic N) is 8. The summed E-state index contributed by atoms with van der Waals surface area (Å²) in [6, 6.07) is 7.05. The van der Waals surface area contributed by atoms with E-state index in [2.05, 4.69) is 20.0 Å². The van der Waals surface area contributed by atoms with E-state index in [1.54, 1.807) is 27.7 Å². The fourth-order valence-corrected chi connectivity index (χ4v) is 5.77. The number of benzene rings is 2. The number of aromatic nitrogens is 4. The van der Waals surface area contributed by atoms with E-state index >= 15 is 0 Å². The molecule has 212 valence electrons. The van der Waals surface area contributed by atoms with Gasteiger partial charge in [0, 0.05) is 69.4 Å². The van der Waals surface area contributed by atoms with Crippen molar-refractivity contribution in [2.24, 2.45) is 14.1 Å². The molecule has 0 unspecified atom stereocenters. The lowest BCUT2D eigenvalue weighted by Gasteiger charge is -2.22. The Bertz CT molecular complexity index is 1490. The molecule has 2 aliphatic heterocycles. The molecular weight excluding hydrogens is 512 g/mol. The van der Waals surface area contributed by atoms with Gasteiger partial charge in [0.15, 0.2) is 0 Å². The number of hydrogen-bond donors (Lipinski definition) is 0. The third kappa shape index (κ3) is 5.85. The first-order chi connectivity index (χ1) is 19.3. The van der Waals surface area contributed by atoms with Crippen LogP contribution in [0.5, 0.6) is 0 Å². The Balaban J connectivity index is 0.000000161. The first-order valence-electron chi connectivity index (χ1n) is 14.0. The Labute approximate surface area is 232 Å². The predicted octanol–water partition coefficient (Wildman–Crippen LogP) is 5.72. The maximum absolute atomic E-state index is 11.4. The van der Waals surface area contributed by atoms with E-state index in [1.807, 2.05) is 32.4 Å². The molecule has 4 aromatic rings. The van der Waals surface area contributed by atoms with Crippen LogP contribution in [0, 0.1) is 20.2 Å². The van der Waals surface area contributed by atoms with Gasteiger partial charge in [-0.25, -0.2) is 0 Å². The molecule has 0 spiro atoms. The summed E-state index contributed by atoms with van der Waals surface area (Å²) in [4.78, 5) is 26.4. The fraction of sp³-hybridized carbons (Fsp3) is 0.500. The molecule has 0 saturated carbocycles. The first kappa shape index (κ1) is 27.4. The monoisotopic (exact) mass is 548 g/mol. The van der Waals surface area contributed by atoms with Crippen molar-refractivity contribution in [3.05, 3.63) is 56.9 Å². The van der Waals surface area contributed by atoms with Crippen molar-refractivity contribution in [2.45, 2.75) is 51.4 Å². The molecule has 2 aliphatic rings. The summed E-state index contributed by atoms with van der Waals surface area (Å²) < 4.78 is 3.46. The lowest BCUT2D eigenvalue weighted by Crippen LogP contribution is -2.24. The number of nitro groups is 2. The van der Waals surface area contributed by atoms with Crippen LogP contribution in [0.2, 0.25) is 0 Å².